The minimum absolute atomic E-state index is 0.0931. The summed E-state index contributed by atoms with van der Waals surface area (Å²) >= 11 is 0. The second-order valence-electron chi connectivity index (χ2n) is 7.09. The molecule has 0 bridgehead atoms. The molecule has 150 valence electrons. The largest absolute Gasteiger partial charge is 0.497 e. The van der Waals surface area contributed by atoms with Crippen LogP contribution in [-0.4, -0.2) is 38.4 Å². The first-order valence-electron chi connectivity index (χ1n) is 9.90. The maximum atomic E-state index is 12.8. The zero-order chi connectivity index (χ0) is 19.8. The van der Waals surface area contributed by atoms with Crippen molar-refractivity contribution < 1.29 is 19.0 Å². The van der Waals surface area contributed by atoms with Crippen LogP contribution >= 0.6 is 0 Å². The highest BCUT2D eigenvalue weighted by molar-refractivity contribution is 5.81. The summed E-state index contributed by atoms with van der Waals surface area (Å²) in [4.78, 5) is 12.8. The monoisotopic (exact) mass is 383 g/mol. The second kappa shape index (κ2) is 10.2. The average molecular weight is 383 g/mol. The van der Waals surface area contributed by atoms with Crippen molar-refractivity contribution in [3.63, 3.8) is 0 Å². The molecular formula is C23H29NO4. The van der Waals surface area contributed by atoms with Gasteiger partial charge >= 0.3 is 0 Å². The molecular weight excluding hydrogens is 354 g/mol. The van der Waals surface area contributed by atoms with Gasteiger partial charge in [-0.3, -0.25) is 4.79 Å². The molecule has 0 aliphatic carbocycles. The second-order valence-corrected chi connectivity index (χ2v) is 7.09. The summed E-state index contributed by atoms with van der Waals surface area (Å²) in [5.74, 6) is 0.645. The maximum Gasteiger partial charge on any atom is 0.249 e. The molecule has 5 heteroatoms. The molecule has 1 aliphatic rings. The van der Waals surface area contributed by atoms with Crippen molar-refractivity contribution in [3.05, 3.63) is 65.7 Å². The Morgan fingerprint density at radius 1 is 1.11 bits per heavy atom. The first kappa shape index (κ1) is 20.4. The quantitative estimate of drug-likeness (QED) is 0.752. The molecule has 0 aromatic heterocycles. The number of hydrogen-bond donors (Lipinski definition) is 1. The number of methoxy groups -OCH3 is 1. The van der Waals surface area contributed by atoms with E-state index < -0.39 is 6.10 Å². The minimum Gasteiger partial charge on any atom is -0.497 e. The van der Waals surface area contributed by atoms with E-state index in [4.69, 9.17) is 14.2 Å². The van der Waals surface area contributed by atoms with E-state index in [-0.39, 0.29) is 18.1 Å². The van der Waals surface area contributed by atoms with E-state index in [1.54, 1.807) is 14.0 Å². The third kappa shape index (κ3) is 5.57. The number of amides is 1. The third-order valence-electron chi connectivity index (χ3n) is 5.04. The van der Waals surface area contributed by atoms with Gasteiger partial charge in [0.2, 0.25) is 5.91 Å². The summed E-state index contributed by atoms with van der Waals surface area (Å²) in [6.07, 6.45) is 2.80. The number of ether oxygens (including phenoxy) is 3. The van der Waals surface area contributed by atoms with Gasteiger partial charge in [0.1, 0.15) is 11.9 Å². The topological polar surface area (TPSA) is 56.8 Å². The van der Waals surface area contributed by atoms with E-state index in [2.05, 4.69) is 5.32 Å². The van der Waals surface area contributed by atoms with Crippen molar-refractivity contribution in [1.29, 1.82) is 0 Å². The number of nitrogens with one attached hydrogen (secondary N) is 1. The molecule has 1 fully saturated rings. The number of rotatable bonds is 8. The molecule has 1 amide bonds. The lowest BCUT2D eigenvalue weighted by Gasteiger charge is -2.25. The summed E-state index contributed by atoms with van der Waals surface area (Å²) in [6, 6.07) is 17.4. The van der Waals surface area contributed by atoms with Crippen molar-refractivity contribution in [2.45, 2.75) is 44.4 Å². The summed E-state index contributed by atoms with van der Waals surface area (Å²) in [5.41, 5.74) is 2.01. The van der Waals surface area contributed by atoms with Crippen LogP contribution in [0.2, 0.25) is 0 Å². The fourth-order valence-electron chi connectivity index (χ4n) is 3.33. The summed E-state index contributed by atoms with van der Waals surface area (Å²) in [7, 11) is 1.64. The van der Waals surface area contributed by atoms with Crippen LogP contribution in [0.4, 0.5) is 0 Å². The van der Waals surface area contributed by atoms with Crippen molar-refractivity contribution in [3.8, 4) is 5.75 Å². The number of benzene rings is 2. The van der Waals surface area contributed by atoms with Crippen LogP contribution in [-0.2, 0) is 14.3 Å². The number of carbonyl (C=O) groups excluding carboxylic acids is 1. The van der Waals surface area contributed by atoms with Crippen molar-refractivity contribution in [2.75, 3.05) is 20.3 Å². The van der Waals surface area contributed by atoms with Gasteiger partial charge in [-0.15, -0.1) is 0 Å². The molecule has 0 spiro atoms. The zero-order valence-electron chi connectivity index (χ0n) is 16.6. The van der Waals surface area contributed by atoms with Gasteiger partial charge in [-0.1, -0.05) is 42.5 Å². The van der Waals surface area contributed by atoms with Crippen molar-refractivity contribution in [2.24, 2.45) is 0 Å². The Bertz CT molecular complexity index is 726. The van der Waals surface area contributed by atoms with Crippen LogP contribution in [0.15, 0.2) is 54.6 Å². The summed E-state index contributed by atoms with van der Waals surface area (Å²) < 4.78 is 16.7. The van der Waals surface area contributed by atoms with Crippen LogP contribution in [0.3, 0.4) is 0 Å². The smallest absolute Gasteiger partial charge is 0.249 e. The fourth-order valence-corrected chi connectivity index (χ4v) is 3.33. The lowest BCUT2D eigenvalue weighted by Crippen LogP contribution is -2.39. The Morgan fingerprint density at radius 2 is 1.82 bits per heavy atom. The Kier molecular flexibility index (Phi) is 7.46. The van der Waals surface area contributed by atoms with Gasteiger partial charge in [-0.05, 0) is 49.4 Å². The van der Waals surface area contributed by atoms with E-state index in [0.29, 0.717) is 6.61 Å². The highest BCUT2D eigenvalue weighted by Gasteiger charge is 2.23. The summed E-state index contributed by atoms with van der Waals surface area (Å²) in [6.45, 7) is 3.02. The molecule has 0 radical (unpaired) electrons. The molecule has 5 nitrogen and oxygen atoms in total. The Morgan fingerprint density at radius 3 is 2.46 bits per heavy atom. The fraction of sp³-hybridized carbons (Fsp3) is 0.435. The normalized spacial score (nSPS) is 18.9. The van der Waals surface area contributed by atoms with Crippen LogP contribution in [0, 0.1) is 0 Å². The molecule has 1 heterocycles. The van der Waals surface area contributed by atoms with Gasteiger partial charge in [0.05, 0.1) is 25.9 Å². The molecule has 28 heavy (non-hydrogen) atoms. The molecule has 3 atom stereocenters. The molecule has 2 aromatic rings. The lowest BCUT2D eigenvalue weighted by molar-refractivity contribution is -0.136. The predicted octanol–water partition coefficient (Wildman–Crippen LogP) is 3.88. The Labute approximate surface area is 167 Å². The van der Waals surface area contributed by atoms with Crippen LogP contribution in [0.5, 0.6) is 5.75 Å². The minimum atomic E-state index is -0.546. The molecule has 1 aliphatic heterocycles. The van der Waals surface area contributed by atoms with Crippen molar-refractivity contribution >= 4 is 5.91 Å². The highest BCUT2D eigenvalue weighted by Crippen LogP contribution is 2.24. The number of carbonyl (C=O) groups is 1. The first-order chi connectivity index (χ1) is 13.7. The molecule has 1 N–H and O–H groups in total. The van der Waals surface area contributed by atoms with Crippen LogP contribution < -0.4 is 10.1 Å². The Balaban J connectivity index is 1.66. The first-order valence-corrected chi connectivity index (χ1v) is 9.90. The van der Waals surface area contributed by atoms with E-state index in [0.717, 1.165) is 42.7 Å². The maximum absolute atomic E-state index is 12.8. The van der Waals surface area contributed by atoms with E-state index in [1.807, 2.05) is 54.6 Å². The van der Waals surface area contributed by atoms with Crippen molar-refractivity contribution in [1.82, 2.24) is 5.32 Å². The predicted molar refractivity (Wildman–Crippen MR) is 108 cm³/mol. The lowest BCUT2D eigenvalue weighted by atomic mass is 9.98. The van der Waals surface area contributed by atoms with Gasteiger partial charge in [0.15, 0.2) is 0 Å². The molecule has 0 saturated carbocycles. The third-order valence-corrected chi connectivity index (χ3v) is 5.04. The Hall–Kier alpha value is -2.37. The van der Waals surface area contributed by atoms with Gasteiger partial charge < -0.3 is 19.5 Å². The standard InChI is InChI=1S/C23H29NO4/c1-17(28-16-21-10-6-7-15-27-21)23(25)24-22(18-8-4-3-5-9-18)19-11-13-20(26-2)14-12-19/h3-5,8-9,11-14,17,21-22H,6-7,10,15-16H2,1-2H3,(H,24,25). The van der Waals surface area contributed by atoms with Gasteiger partial charge in [0, 0.05) is 6.61 Å². The van der Waals surface area contributed by atoms with E-state index >= 15 is 0 Å². The zero-order valence-corrected chi connectivity index (χ0v) is 16.6. The molecule has 3 unspecified atom stereocenters. The average Bonchev–Trinajstić information content (AvgIpc) is 2.77. The van der Waals surface area contributed by atoms with E-state index in [1.165, 1.54) is 0 Å². The van der Waals surface area contributed by atoms with Gasteiger partial charge in [-0.2, -0.15) is 0 Å². The SMILES string of the molecule is COc1ccc(C(NC(=O)C(C)OCC2CCCCO2)c2ccccc2)cc1. The van der Waals surface area contributed by atoms with Gasteiger partial charge in [-0.25, -0.2) is 0 Å². The molecule has 1 saturated heterocycles. The van der Waals surface area contributed by atoms with Gasteiger partial charge in [0.25, 0.3) is 0 Å². The summed E-state index contributed by atoms with van der Waals surface area (Å²) in [5, 5.41) is 3.13. The highest BCUT2D eigenvalue weighted by atomic mass is 16.5. The molecule has 2 aromatic carbocycles. The van der Waals surface area contributed by atoms with Crippen LogP contribution in [0.1, 0.15) is 43.4 Å². The van der Waals surface area contributed by atoms with E-state index in [9.17, 15) is 4.79 Å². The number of hydrogen-bond acceptors (Lipinski definition) is 4. The molecule has 3 rings (SSSR count). The van der Waals surface area contributed by atoms with Crippen LogP contribution in [0.25, 0.3) is 0 Å².